The van der Waals surface area contributed by atoms with Gasteiger partial charge in [0.05, 0.1) is 31.8 Å². The number of rotatable bonds is 7. The van der Waals surface area contributed by atoms with E-state index in [0.717, 1.165) is 19.3 Å². The van der Waals surface area contributed by atoms with Crippen molar-refractivity contribution in [1.82, 2.24) is 9.80 Å². The Balaban J connectivity index is 1.47. The Morgan fingerprint density at radius 3 is 2.26 bits per heavy atom. The van der Waals surface area contributed by atoms with Crippen molar-refractivity contribution in [3.63, 3.8) is 0 Å². The topological polar surface area (TPSA) is 112 Å². The molecule has 1 saturated carbocycles. The van der Waals surface area contributed by atoms with Crippen LogP contribution in [0.3, 0.4) is 0 Å². The van der Waals surface area contributed by atoms with Gasteiger partial charge in [-0.2, -0.15) is 0 Å². The van der Waals surface area contributed by atoms with Gasteiger partial charge in [0.1, 0.15) is 12.1 Å². The predicted molar refractivity (Wildman–Crippen MR) is 141 cm³/mol. The minimum absolute atomic E-state index is 0.161. The lowest BCUT2D eigenvalue weighted by atomic mass is 9.70. The molecule has 4 unspecified atom stereocenters. The first-order valence-electron chi connectivity index (χ1n) is 14.0. The summed E-state index contributed by atoms with van der Waals surface area (Å²) in [5, 5.41) is 0. The monoisotopic (exact) mass is 544 g/mol. The van der Waals surface area contributed by atoms with Gasteiger partial charge in [-0.25, -0.2) is 14.4 Å². The number of hydrogen-bond donors (Lipinski definition) is 0. The maximum atomic E-state index is 12.8. The molecule has 214 valence electrons. The lowest BCUT2D eigenvalue weighted by molar-refractivity contribution is -0.155. The number of esters is 3. The lowest BCUT2D eigenvalue weighted by Gasteiger charge is -2.49. The molecule has 3 aliphatic rings. The van der Waals surface area contributed by atoms with E-state index >= 15 is 0 Å². The highest BCUT2D eigenvalue weighted by Gasteiger charge is 2.47. The third-order valence-electron chi connectivity index (χ3n) is 8.27. The average molecular weight is 545 g/mol. The second-order valence-corrected chi connectivity index (χ2v) is 10.6. The van der Waals surface area contributed by atoms with E-state index in [1.165, 1.54) is 12.0 Å². The first kappa shape index (κ1) is 28.9. The van der Waals surface area contributed by atoms with Gasteiger partial charge in [0.15, 0.2) is 0 Å². The Kier molecular flexibility index (Phi) is 9.83. The molecular weight excluding hydrogens is 504 g/mol. The van der Waals surface area contributed by atoms with Crippen LogP contribution in [0.1, 0.15) is 56.3 Å². The van der Waals surface area contributed by atoms with Crippen molar-refractivity contribution in [2.75, 3.05) is 40.0 Å². The second-order valence-electron chi connectivity index (χ2n) is 10.6. The maximum absolute atomic E-state index is 12.8. The van der Waals surface area contributed by atoms with Crippen molar-refractivity contribution in [2.24, 2.45) is 17.8 Å². The Labute approximate surface area is 229 Å². The molecule has 0 aromatic heterocycles. The minimum Gasteiger partial charge on any atom is -0.466 e. The molecule has 1 aromatic carbocycles. The number of likely N-dealkylation sites (tertiary alicyclic amines) is 2. The summed E-state index contributed by atoms with van der Waals surface area (Å²) in [5.41, 5.74) is 0.477. The summed E-state index contributed by atoms with van der Waals surface area (Å²) in [4.78, 5) is 54.6. The Morgan fingerprint density at radius 2 is 1.56 bits per heavy atom. The van der Waals surface area contributed by atoms with Crippen molar-refractivity contribution in [1.29, 1.82) is 0 Å². The zero-order valence-corrected chi connectivity index (χ0v) is 23.1. The van der Waals surface area contributed by atoms with Crippen LogP contribution in [0.2, 0.25) is 0 Å². The van der Waals surface area contributed by atoms with Gasteiger partial charge in [-0.3, -0.25) is 14.6 Å². The van der Waals surface area contributed by atoms with Gasteiger partial charge in [-0.05, 0) is 63.5 Å². The minimum atomic E-state index is -0.675. The first-order chi connectivity index (χ1) is 18.8. The number of carbonyl (C=O) groups is 4. The number of nitrogens with zero attached hydrogens (tertiary/aromatic N) is 2. The zero-order valence-electron chi connectivity index (χ0n) is 23.1. The van der Waals surface area contributed by atoms with Crippen molar-refractivity contribution in [3.05, 3.63) is 35.9 Å². The maximum Gasteiger partial charge on any atom is 0.410 e. The van der Waals surface area contributed by atoms with Crippen molar-refractivity contribution >= 4 is 24.0 Å². The molecule has 6 atom stereocenters. The number of piperidine rings is 2. The normalized spacial score (nSPS) is 29.1. The highest BCUT2D eigenvalue weighted by atomic mass is 16.6. The number of hydrogen-bond acceptors (Lipinski definition) is 9. The third kappa shape index (κ3) is 6.90. The molecule has 1 amide bonds. The summed E-state index contributed by atoms with van der Waals surface area (Å²) in [6, 6.07) is 8.34. The molecule has 3 fully saturated rings. The highest BCUT2D eigenvalue weighted by molar-refractivity contribution is 5.89. The summed E-state index contributed by atoms with van der Waals surface area (Å²) < 4.78 is 21.5. The molecule has 2 aliphatic heterocycles. The number of ether oxygens (including phenoxy) is 4. The van der Waals surface area contributed by atoms with Crippen LogP contribution < -0.4 is 0 Å². The lowest BCUT2D eigenvalue weighted by Crippen LogP contribution is -2.58. The van der Waals surface area contributed by atoms with E-state index in [0.29, 0.717) is 44.6 Å². The molecule has 4 rings (SSSR count). The van der Waals surface area contributed by atoms with Gasteiger partial charge in [0, 0.05) is 32.1 Å². The van der Waals surface area contributed by atoms with Crippen LogP contribution in [-0.4, -0.2) is 91.9 Å². The summed E-state index contributed by atoms with van der Waals surface area (Å²) >= 11 is 0. The van der Waals surface area contributed by atoms with Gasteiger partial charge in [0.2, 0.25) is 0 Å². The van der Waals surface area contributed by atoms with E-state index in [-0.39, 0.29) is 30.5 Å². The van der Waals surface area contributed by atoms with Gasteiger partial charge < -0.3 is 18.9 Å². The fraction of sp³-hybridized carbons (Fsp3) is 0.655. The van der Waals surface area contributed by atoms with Gasteiger partial charge in [-0.1, -0.05) is 18.2 Å². The molecule has 39 heavy (non-hydrogen) atoms. The molecule has 0 radical (unpaired) electrons. The zero-order chi connectivity index (χ0) is 27.9. The fourth-order valence-corrected chi connectivity index (χ4v) is 6.43. The van der Waals surface area contributed by atoms with E-state index < -0.39 is 36.1 Å². The van der Waals surface area contributed by atoms with Gasteiger partial charge >= 0.3 is 24.0 Å². The Hall–Kier alpha value is -3.14. The number of fused-ring (bicyclic) bond motifs is 1. The van der Waals surface area contributed by atoms with E-state index in [2.05, 4.69) is 4.90 Å². The van der Waals surface area contributed by atoms with E-state index in [9.17, 15) is 19.2 Å². The highest BCUT2D eigenvalue weighted by Crippen LogP contribution is 2.41. The van der Waals surface area contributed by atoms with Crippen LogP contribution in [0.15, 0.2) is 30.3 Å². The molecule has 0 N–H and O–H groups in total. The van der Waals surface area contributed by atoms with Crippen LogP contribution in [0.25, 0.3) is 0 Å². The number of benzene rings is 1. The van der Waals surface area contributed by atoms with Gasteiger partial charge in [-0.15, -0.1) is 0 Å². The SMILES string of the molecule is CCOC(=O)C1CC2CC(N3C[C@@H](OC(=O)c4ccccc4)C[C@H](C(=O)OCC)C3)CCC2CN1C(=O)OC. The molecule has 10 heteroatoms. The van der Waals surface area contributed by atoms with Crippen LogP contribution in [0.5, 0.6) is 0 Å². The van der Waals surface area contributed by atoms with E-state index in [4.69, 9.17) is 18.9 Å². The first-order valence-corrected chi connectivity index (χ1v) is 14.0. The van der Waals surface area contributed by atoms with Crippen LogP contribution in [0.4, 0.5) is 4.79 Å². The van der Waals surface area contributed by atoms with Crippen LogP contribution in [-0.2, 0) is 28.5 Å². The van der Waals surface area contributed by atoms with E-state index in [1.54, 1.807) is 38.1 Å². The summed E-state index contributed by atoms with van der Waals surface area (Å²) in [5.74, 6) is -1.00. The molecular formula is C29H40N2O8. The molecule has 1 aromatic rings. The predicted octanol–water partition coefficient (Wildman–Crippen LogP) is 3.29. The number of methoxy groups -OCH3 is 1. The van der Waals surface area contributed by atoms with Crippen LogP contribution >= 0.6 is 0 Å². The van der Waals surface area contributed by atoms with Crippen molar-refractivity contribution in [3.8, 4) is 0 Å². The Bertz CT molecular complexity index is 1020. The van der Waals surface area contributed by atoms with Crippen LogP contribution in [0, 0.1) is 17.8 Å². The quantitative estimate of drug-likeness (QED) is 0.377. The van der Waals surface area contributed by atoms with Crippen molar-refractivity contribution < 1.29 is 38.1 Å². The fourth-order valence-electron chi connectivity index (χ4n) is 6.43. The molecule has 2 heterocycles. The standard InChI is InChI=1S/C29H40N2O8/c1-4-37-26(32)22-14-24(39-27(33)19-9-7-6-8-10-19)18-30(16-22)23-12-11-20-17-31(29(35)36-3)25(15-21(20)13-23)28(34)38-5-2/h6-10,20-25H,4-5,11-18H2,1-3H3/t20?,21?,22-,23?,24-,25?/m0/s1. The third-order valence-corrected chi connectivity index (χ3v) is 8.27. The Morgan fingerprint density at radius 1 is 0.846 bits per heavy atom. The number of carbonyl (C=O) groups excluding carboxylic acids is 4. The molecule has 10 nitrogen and oxygen atoms in total. The molecule has 2 saturated heterocycles. The van der Waals surface area contributed by atoms with Crippen molar-refractivity contribution in [2.45, 2.75) is 64.1 Å². The van der Waals surface area contributed by atoms with Gasteiger partial charge in [0.25, 0.3) is 0 Å². The molecule has 1 aliphatic carbocycles. The average Bonchev–Trinajstić information content (AvgIpc) is 2.96. The molecule has 0 bridgehead atoms. The summed E-state index contributed by atoms with van der Waals surface area (Å²) in [6.07, 6.45) is 2.58. The molecule has 0 spiro atoms. The number of amides is 1. The smallest absolute Gasteiger partial charge is 0.410 e. The second kappa shape index (κ2) is 13.3. The summed E-state index contributed by atoms with van der Waals surface area (Å²) in [6.45, 7) is 5.60. The largest absolute Gasteiger partial charge is 0.466 e. The summed E-state index contributed by atoms with van der Waals surface area (Å²) in [7, 11) is 1.32. The van der Waals surface area contributed by atoms with E-state index in [1.807, 2.05) is 6.07 Å².